The number of hydrogen-bond donors (Lipinski definition) is 0. The lowest BCUT2D eigenvalue weighted by Crippen LogP contribution is -2.20. The van der Waals surface area contributed by atoms with Gasteiger partial charge in [0.25, 0.3) is 0 Å². The average Bonchev–Trinajstić information content (AvgIpc) is 3.74. The molecule has 8 aromatic rings. The first-order chi connectivity index (χ1) is 27.2. The topological polar surface area (TPSA) is 44.9 Å². The van der Waals surface area contributed by atoms with Crippen LogP contribution in [-0.2, 0) is 0 Å². The van der Waals surface area contributed by atoms with Gasteiger partial charge in [-0.1, -0.05) is 118 Å². The number of fused-ring (bicyclic) bond motifs is 3. The zero-order valence-corrected chi connectivity index (χ0v) is 33.1. The van der Waals surface area contributed by atoms with E-state index in [9.17, 15) is 0 Å². The normalized spacial score (nSPS) is 17.1. The van der Waals surface area contributed by atoms with Crippen LogP contribution < -0.4 is 4.74 Å². The molecule has 0 amide bonds. The Balaban J connectivity index is 1.24. The van der Waals surface area contributed by atoms with E-state index in [-0.39, 0.29) is 11.8 Å². The number of para-hydroxylation sites is 1. The van der Waals surface area contributed by atoms with Crippen molar-refractivity contribution in [2.24, 2.45) is 11.8 Å². The molecule has 56 heavy (non-hydrogen) atoms. The van der Waals surface area contributed by atoms with Crippen molar-refractivity contribution >= 4 is 21.8 Å². The third kappa shape index (κ3) is 6.41. The number of ether oxygens (including phenoxy) is 1. The average molecular weight is 733 g/mol. The van der Waals surface area contributed by atoms with Gasteiger partial charge in [-0.15, -0.1) is 0 Å². The van der Waals surface area contributed by atoms with Gasteiger partial charge in [-0.2, -0.15) is 5.10 Å². The van der Waals surface area contributed by atoms with E-state index in [0.717, 1.165) is 73.9 Å². The predicted molar refractivity (Wildman–Crippen MR) is 231 cm³/mol. The second-order valence-electron chi connectivity index (χ2n) is 16.1. The monoisotopic (exact) mass is 732 g/mol. The SMILES string of the molecule is CC1=C[C@H](C)C[C@H](C)C1c1c(-c2ccccc2)nn(-c2cc(Oc3ccc4c5ccccc5n(-c5cc(C)ccn5)c4c3)cc(C(C)C)c2)c1-c1ccccc1. The van der Waals surface area contributed by atoms with Gasteiger partial charge in [0.05, 0.1) is 28.1 Å². The number of hydrogen-bond acceptors (Lipinski definition) is 3. The number of benzene rings is 5. The molecule has 3 heterocycles. The summed E-state index contributed by atoms with van der Waals surface area (Å²) in [6, 6.07) is 47.2. The highest BCUT2D eigenvalue weighted by Crippen LogP contribution is 2.48. The fourth-order valence-electron chi connectivity index (χ4n) is 9.06. The van der Waals surface area contributed by atoms with E-state index in [1.165, 1.54) is 22.1 Å². The zero-order chi connectivity index (χ0) is 38.5. The molecule has 0 saturated carbocycles. The highest BCUT2D eigenvalue weighted by atomic mass is 16.5. The summed E-state index contributed by atoms with van der Waals surface area (Å²) in [5, 5.41) is 7.93. The van der Waals surface area contributed by atoms with Crippen LogP contribution in [0.2, 0.25) is 0 Å². The van der Waals surface area contributed by atoms with Gasteiger partial charge in [0.2, 0.25) is 0 Å². The van der Waals surface area contributed by atoms with E-state index in [2.05, 4.69) is 184 Å². The van der Waals surface area contributed by atoms with Crippen LogP contribution >= 0.6 is 0 Å². The zero-order valence-electron chi connectivity index (χ0n) is 33.1. The minimum Gasteiger partial charge on any atom is -0.457 e. The van der Waals surface area contributed by atoms with Crippen molar-refractivity contribution in [3.8, 4) is 45.5 Å². The van der Waals surface area contributed by atoms with Crippen molar-refractivity contribution in [1.29, 1.82) is 0 Å². The molecule has 1 aliphatic rings. The molecule has 0 bridgehead atoms. The minimum atomic E-state index is 0.232. The maximum atomic E-state index is 6.90. The Morgan fingerprint density at radius 2 is 1.41 bits per heavy atom. The number of aromatic nitrogens is 4. The van der Waals surface area contributed by atoms with Gasteiger partial charge in [0, 0.05) is 51.7 Å². The molecular weight excluding hydrogens is 685 g/mol. The highest BCUT2D eigenvalue weighted by molar-refractivity contribution is 6.09. The largest absolute Gasteiger partial charge is 0.457 e. The van der Waals surface area contributed by atoms with Gasteiger partial charge in [-0.3, -0.25) is 4.57 Å². The van der Waals surface area contributed by atoms with Gasteiger partial charge in [-0.25, -0.2) is 9.67 Å². The lowest BCUT2D eigenvalue weighted by atomic mass is 9.71. The summed E-state index contributed by atoms with van der Waals surface area (Å²) in [6.07, 6.45) is 5.49. The predicted octanol–water partition coefficient (Wildman–Crippen LogP) is 13.6. The molecule has 5 nitrogen and oxygen atoms in total. The third-order valence-corrected chi connectivity index (χ3v) is 11.5. The molecule has 9 rings (SSSR count). The van der Waals surface area contributed by atoms with Crippen LogP contribution in [0.25, 0.3) is 55.8 Å². The van der Waals surface area contributed by atoms with Gasteiger partial charge in [-0.05, 0) is 91.6 Å². The standard InChI is InChI=1S/C51H48N4O/c1-32(2)39-28-40(30-42(29-39)56-41-21-22-44-43-19-13-14-20-45(43)54(46(44)31-41)47-27-33(3)23-24-52-47)55-51(38-17-11-8-12-18-38)49(48-35(5)25-34(4)26-36(48)6)50(53-55)37-15-9-7-10-16-37/h7-25,27-32,34,36,48H,26H2,1-6H3/t34-,36-,48?/m0/s1. The molecule has 5 aromatic carbocycles. The fraction of sp³-hybridized carbons (Fsp3) is 0.216. The summed E-state index contributed by atoms with van der Waals surface area (Å²) in [7, 11) is 0. The van der Waals surface area contributed by atoms with Crippen molar-refractivity contribution in [2.45, 2.75) is 59.8 Å². The van der Waals surface area contributed by atoms with E-state index in [1.54, 1.807) is 0 Å². The van der Waals surface area contributed by atoms with Gasteiger partial charge >= 0.3 is 0 Å². The lowest BCUT2D eigenvalue weighted by molar-refractivity contribution is 0.393. The van der Waals surface area contributed by atoms with Crippen LogP contribution in [0, 0.1) is 18.8 Å². The summed E-state index contributed by atoms with van der Waals surface area (Å²) in [5.41, 5.74) is 12.6. The molecule has 278 valence electrons. The van der Waals surface area contributed by atoms with Crippen LogP contribution in [0.15, 0.2) is 151 Å². The molecule has 3 aromatic heterocycles. The lowest BCUT2D eigenvalue weighted by Gasteiger charge is -2.33. The Hall–Kier alpha value is -6.20. The molecule has 1 aliphatic carbocycles. The molecule has 0 fully saturated rings. The number of aryl methyl sites for hydroxylation is 1. The van der Waals surface area contributed by atoms with Gasteiger partial charge in [0.15, 0.2) is 0 Å². The molecule has 3 atom stereocenters. The van der Waals surface area contributed by atoms with Crippen LogP contribution in [0.4, 0.5) is 0 Å². The van der Waals surface area contributed by atoms with Crippen molar-refractivity contribution in [3.63, 3.8) is 0 Å². The summed E-state index contributed by atoms with van der Waals surface area (Å²) in [4.78, 5) is 4.79. The second-order valence-corrected chi connectivity index (χ2v) is 16.1. The Morgan fingerprint density at radius 3 is 2.14 bits per heavy atom. The third-order valence-electron chi connectivity index (χ3n) is 11.5. The van der Waals surface area contributed by atoms with Crippen molar-refractivity contribution < 1.29 is 4.74 Å². The van der Waals surface area contributed by atoms with Crippen molar-refractivity contribution in [3.05, 3.63) is 168 Å². The van der Waals surface area contributed by atoms with Crippen LogP contribution in [0.3, 0.4) is 0 Å². The van der Waals surface area contributed by atoms with Crippen LogP contribution in [0.1, 0.15) is 69.6 Å². The molecule has 0 N–H and O–H groups in total. The summed E-state index contributed by atoms with van der Waals surface area (Å²) in [6.45, 7) is 13.7. The maximum absolute atomic E-state index is 6.90. The smallest absolute Gasteiger partial charge is 0.137 e. The Bertz CT molecular complexity index is 2740. The second kappa shape index (κ2) is 14.5. The Morgan fingerprint density at radius 1 is 0.696 bits per heavy atom. The number of pyridine rings is 1. The highest BCUT2D eigenvalue weighted by Gasteiger charge is 2.34. The molecule has 0 radical (unpaired) electrons. The van der Waals surface area contributed by atoms with E-state index >= 15 is 0 Å². The Labute approximate surface area is 329 Å². The fourth-order valence-corrected chi connectivity index (χ4v) is 9.06. The quantitative estimate of drug-likeness (QED) is 0.146. The maximum Gasteiger partial charge on any atom is 0.137 e. The van der Waals surface area contributed by atoms with E-state index in [0.29, 0.717) is 11.8 Å². The molecule has 0 saturated heterocycles. The molecule has 0 spiro atoms. The first-order valence-electron chi connectivity index (χ1n) is 19.9. The summed E-state index contributed by atoms with van der Waals surface area (Å²) in [5.74, 6) is 3.93. The van der Waals surface area contributed by atoms with Crippen molar-refractivity contribution in [2.75, 3.05) is 0 Å². The van der Waals surface area contributed by atoms with Gasteiger partial charge < -0.3 is 4.74 Å². The van der Waals surface area contributed by atoms with Crippen LogP contribution in [-0.4, -0.2) is 19.3 Å². The number of allylic oxidation sites excluding steroid dienone is 2. The van der Waals surface area contributed by atoms with Crippen LogP contribution in [0.5, 0.6) is 11.5 Å². The minimum absolute atomic E-state index is 0.232. The first kappa shape index (κ1) is 35.5. The molecule has 5 heteroatoms. The number of rotatable bonds is 8. The number of nitrogens with zero attached hydrogens (tertiary/aromatic N) is 4. The van der Waals surface area contributed by atoms with Crippen molar-refractivity contribution in [1.82, 2.24) is 19.3 Å². The summed E-state index contributed by atoms with van der Waals surface area (Å²) >= 11 is 0. The van der Waals surface area contributed by atoms with E-state index in [4.69, 9.17) is 14.8 Å². The molecule has 0 aliphatic heterocycles. The molecule has 1 unspecified atom stereocenters. The van der Waals surface area contributed by atoms with E-state index in [1.807, 2.05) is 12.3 Å². The van der Waals surface area contributed by atoms with E-state index < -0.39 is 0 Å². The Kier molecular flexibility index (Phi) is 9.17. The van der Waals surface area contributed by atoms with Gasteiger partial charge in [0.1, 0.15) is 17.3 Å². The molecular formula is C51H48N4O. The first-order valence-corrected chi connectivity index (χ1v) is 19.9. The summed E-state index contributed by atoms with van der Waals surface area (Å²) < 4.78 is 11.3.